The highest BCUT2D eigenvalue weighted by atomic mass is 16.3. The van der Waals surface area contributed by atoms with Crippen molar-refractivity contribution in [2.24, 2.45) is 11.8 Å². The van der Waals surface area contributed by atoms with Crippen LogP contribution in [0.5, 0.6) is 0 Å². The van der Waals surface area contributed by atoms with Crippen LogP contribution in [0.1, 0.15) is 33.6 Å². The van der Waals surface area contributed by atoms with Gasteiger partial charge in [0.25, 0.3) is 0 Å². The summed E-state index contributed by atoms with van der Waals surface area (Å²) in [5, 5.41) is 14.3. The van der Waals surface area contributed by atoms with Crippen LogP contribution >= 0.6 is 0 Å². The van der Waals surface area contributed by atoms with Crippen molar-refractivity contribution in [3.63, 3.8) is 0 Å². The molecule has 0 radical (unpaired) electrons. The zero-order valence-electron chi connectivity index (χ0n) is 12.5. The lowest BCUT2D eigenvalue weighted by Crippen LogP contribution is -2.44. The molecule has 112 valence electrons. The number of hydrogen-bond donors (Lipinski definition) is 3. The quantitative estimate of drug-likeness (QED) is 0.632. The van der Waals surface area contributed by atoms with E-state index in [4.69, 9.17) is 5.11 Å². The van der Waals surface area contributed by atoms with E-state index in [0.717, 1.165) is 24.8 Å². The van der Waals surface area contributed by atoms with Crippen molar-refractivity contribution >= 4 is 6.03 Å². The molecule has 1 fully saturated rings. The van der Waals surface area contributed by atoms with Crippen molar-refractivity contribution < 1.29 is 9.90 Å². The molecular formula is C14H29N3O2. The Morgan fingerprint density at radius 3 is 2.58 bits per heavy atom. The molecule has 0 saturated carbocycles. The lowest BCUT2D eigenvalue weighted by molar-refractivity contribution is 0.139. The maximum absolute atomic E-state index is 11.4. The van der Waals surface area contributed by atoms with Crippen LogP contribution in [0.3, 0.4) is 0 Å². The monoisotopic (exact) mass is 271 g/mol. The van der Waals surface area contributed by atoms with E-state index in [1.54, 1.807) is 6.92 Å². The maximum Gasteiger partial charge on any atom is 0.315 e. The van der Waals surface area contributed by atoms with E-state index in [1.165, 1.54) is 19.5 Å². The first kappa shape index (κ1) is 16.2. The third kappa shape index (κ3) is 6.78. The second-order valence-electron chi connectivity index (χ2n) is 6.04. The number of piperidine rings is 1. The van der Waals surface area contributed by atoms with Crippen molar-refractivity contribution in [2.75, 3.05) is 32.8 Å². The Bertz CT molecular complexity index is 263. The van der Waals surface area contributed by atoms with E-state index in [0.29, 0.717) is 6.54 Å². The molecule has 1 saturated heterocycles. The highest BCUT2D eigenvalue weighted by Gasteiger charge is 2.20. The van der Waals surface area contributed by atoms with Gasteiger partial charge in [0.15, 0.2) is 0 Å². The molecule has 0 aliphatic carbocycles. The van der Waals surface area contributed by atoms with Gasteiger partial charge in [0.1, 0.15) is 0 Å². The standard InChI is InChI=1S/C14H29N3O2/c1-11-7-12(2)9-17(8-11)6-4-5-15-14(19)16-13(3)10-18/h11-13,18H,4-10H2,1-3H3,(H2,15,16,19). The molecule has 0 bridgehead atoms. The van der Waals surface area contributed by atoms with E-state index >= 15 is 0 Å². The predicted molar refractivity (Wildman–Crippen MR) is 77.1 cm³/mol. The molecule has 0 aromatic rings. The van der Waals surface area contributed by atoms with Gasteiger partial charge in [-0.2, -0.15) is 0 Å². The minimum Gasteiger partial charge on any atom is -0.394 e. The number of aliphatic hydroxyl groups is 1. The SMILES string of the molecule is CC1CC(C)CN(CCCNC(=O)NC(C)CO)C1. The number of aliphatic hydroxyl groups excluding tert-OH is 1. The van der Waals surface area contributed by atoms with Crippen LogP contribution in [0.2, 0.25) is 0 Å². The Hall–Kier alpha value is -0.810. The first-order chi connectivity index (χ1) is 9.01. The van der Waals surface area contributed by atoms with Gasteiger partial charge in [-0.15, -0.1) is 0 Å². The lowest BCUT2D eigenvalue weighted by atomic mass is 9.92. The molecule has 1 heterocycles. The third-order valence-corrected chi connectivity index (χ3v) is 3.53. The third-order valence-electron chi connectivity index (χ3n) is 3.53. The molecule has 3 N–H and O–H groups in total. The summed E-state index contributed by atoms with van der Waals surface area (Å²) in [4.78, 5) is 13.9. The molecule has 0 aromatic heterocycles. The number of urea groups is 1. The zero-order chi connectivity index (χ0) is 14.3. The first-order valence-corrected chi connectivity index (χ1v) is 7.38. The Balaban J connectivity index is 2.08. The van der Waals surface area contributed by atoms with Crippen LogP contribution in [-0.4, -0.2) is 54.9 Å². The van der Waals surface area contributed by atoms with Gasteiger partial charge in [0.05, 0.1) is 12.6 Å². The summed E-state index contributed by atoms with van der Waals surface area (Å²) in [5.41, 5.74) is 0. The van der Waals surface area contributed by atoms with Gasteiger partial charge in [-0.3, -0.25) is 0 Å². The fourth-order valence-electron chi connectivity index (χ4n) is 2.80. The highest BCUT2D eigenvalue weighted by molar-refractivity contribution is 5.74. The summed E-state index contributed by atoms with van der Waals surface area (Å²) in [5.74, 6) is 1.57. The second kappa shape index (κ2) is 8.38. The molecule has 2 amide bonds. The molecule has 5 nitrogen and oxygen atoms in total. The fraction of sp³-hybridized carbons (Fsp3) is 0.929. The van der Waals surface area contributed by atoms with Gasteiger partial charge < -0.3 is 20.6 Å². The van der Waals surface area contributed by atoms with Crippen molar-refractivity contribution in [1.29, 1.82) is 0 Å². The predicted octanol–water partition coefficient (Wildman–Crippen LogP) is 1.03. The summed E-state index contributed by atoms with van der Waals surface area (Å²) < 4.78 is 0. The summed E-state index contributed by atoms with van der Waals surface area (Å²) in [6.45, 7) is 10.5. The maximum atomic E-state index is 11.4. The van der Waals surface area contributed by atoms with E-state index in [1.807, 2.05) is 0 Å². The largest absolute Gasteiger partial charge is 0.394 e. The van der Waals surface area contributed by atoms with Crippen molar-refractivity contribution in [3.05, 3.63) is 0 Å². The molecule has 1 aliphatic heterocycles. The average Bonchev–Trinajstić information content (AvgIpc) is 2.33. The Labute approximate surface area is 116 Å². The van der Waals surface area contributed by atoms with E-state index in [2.05, 4.69) is 29.4 Å². The number of likely N-dealkylation sites (tertiary alicyclic amines) is 1. The molecule has 0 aromatic carbocycles. The van der Waals surface area contributed by atoms with Gasteiger partial charge in [-0.05, 0) is 38.1 Å². The average molecular weight is 271 g/mol. The van der Waals surface area contributed by atoms with Crippen molar-refractivity contribution in [3.8, 4) is 0 Å². The number of nitrogens with one attached hydrogen (secondary N) is 2. The molecule has 1 rings (SSSR count). The van der Waals surface area contributed by atoms with Gasteiger partial charge in [0.2, 0.25) is 0 Å². The minimum absolute atomic E-state index is 0.0308. The lowest BCUT2D eigenvalue weighted by Gasteiger charge is -2.34. The first-order valence-electron chi connectivity index (χ1n) is 7.38. The summed E-state index contributed by atoms with van der Waals surface area (Å²) in [7, 11) is 0. The van der Waals surface area contributed by atoms with Gasteiger partial charge in [0, 0.05) is 19.6 Å². The second-order valence-corrected chi connectivity index (χ2v) is 6.04. The van der Waals surface area contributed by atoms with Gasteiger partial charge in [-0.25, -0.2) is 4.79 Å². The zero-order valence-corrected chi connectivity index (χ0v) is 12.5. The topological polar surface area (TPSA) is 64.6 Å². The molecule has 3 atom stereocenters. The normalized spacial score (nSPS) is 25.9. The number of hydrogen-bond acceptors (Lipinski definition) is 3. The number of nitrogens with zero attached hydrogens (tertiary/aromatic N) is 1. The fourth-order valence-corrected chi connectivity index (χ4v) is 2.80. The molecule has 0 spiro atoms. The van der Waals surface area contributed by atoms with Crippen molar-refractivity contribution in [2.45, 2.75) is 39.7 Å². The van der Waals surface area contributed by atoms with Crippen LogP contribution in [0, 0.1) is 11.8 Å². The summed E-state index contributed by atoms with van der Waals surface area (Å²) in [6.07, 6.45) is 2.30. The van der Waals surface area contributed by atoms with Crippen LogP contribution in [0.15, 0.2) is 0 Å². The van der Waals surface area contributed by atoms with E-state index < -0.39 is 0 Å². The molecular weight excluding hydrogens is 242 g/mol. The van der Waals surface area contributed by atoms with Crippen molar-refractivity contribution in [1.82, 2.24) is 15.5 Å². The summed E-state index contributed by atoms with van der Waals surface area (Å²) in [6, 6.07) is -0.384. The van der Waals surface area contributed by atoms with Crippen LogP contribution in [0.25, 0.3) is 0 Å². The number of rotatable bonds is 6. The summed E-state index contributed by atoms with van der Waals surface area (Å²) >= 11 is 0. The van der Waals surface area contributed by atoms with E-state index in [-0.39, 0.29) is 18.7 Å². The van der Waals surface area contributed by atoms with Gasteiger partial charge in [-0.1, -0.05) is 13.8 Å². The number of amides is 2. The number of carbonyl (C=O) groups excluding carboxylic acids is 1. The van der Waals surface area contributed by atoms with Crippen LogP contribution in [-0.2, 0) is 0 Å². The number of carbonyl (C=O) groups is 1. The van der Waals surface area contributed by atoms with Crippen LogP contribution < -0.4 is 10.6 Å². The Morgan fingerprint density at radius 1 is 1.37 bits per heavy atom. The highest BCUT2D eigenvalue weighted by Crippen LogP contribution is 2.20. The Morgan fingerprint density at radius 2 is 2.00 bits per heavy atom. The molecule has 1 aliphatic rings. The molecule has 19 heavy (non-hydrogen) atoms. The van der Waals surface area contributed by atoms with Gasteiger partial charge >= 0.3 is 6.03 Å². The smallest absolute Gasteiger partial charge is 0.315 e. The molecule has 5 heteroatoms. The minimum atomic E-state index is -0.193. The molecule has 3 unspecified atom stereocenters. The Kier molecular flexibility index (Phi) is 7.16. The van der Waals surface area contributed by atoms with Crippen LogP contribution in [0.4, 0.5) is 4.79 Å². The van der Waals surface area contributed by atoms with E-state index in [9.17, 15) is 4.79 Å².